The smallest absolute Gasteiger partial charge is 0.337 e. The Hall–Kier alpha value is -5.06. The second-order valence-corrected chi connectivity index (χ2v) is 21.3. The van der Waals surface area contributed by atoms with Crippen LogP contribution in [-0.4, -0.2) is 47.2 Å². The van der Waals surface area contributed by atoms with Crippen LogP contribution in [0, 0.1) is 35.5 Å². The van der Waals surface area contributed by atoms with E-state index in [4.69, 9.17) is 32.7 Å². The molecule has 4 aromatic rings. The Morgan fingerprint density at radius 3 is 1.12 bits per heavy atom. The number of anilines is 2. The topological polar surface area (TPSA) is 151 Å². The number of hydrogen-bond acceptors (Lipinski definition) is 6. The molecule has 0 atom stereocenters. The Bertz CT molecular complexity index is 2200. The molecule has 8 bridgehead atoms. The number of benzene rings is 4. The molecule has 8 aliphatic rings. The number of halogens is 2. The zero-order chi connectivity index (χ0) is 46.0. The van der Waals surface area contributed by atoms with Crippen molar-refractivity contribution >= 4 is 58.3 Å². The van der Waals surface area contributed by atoms with E-state index in [-0.39, 0.29) is 47.2 Å². The predicted molar refractivity (Wildman–Crippen MR) is 256 cm³/mol. The highest BCUT2D eigenvalue weighted by Crippen LogP contribution is 2.62. The zero-order valence-electron chi connectivity index (χ0n) is 37.4. The van der Waals surface area contributed by atoms with Gasteiger partial charge in [-0.2, -0.15) is 0 Å². The van der Waals surface area contributed by atoms with Gasteiger partial charge in [0.15, 0.2) is 0 Å². The molecule has 0 aromatic heterocycles. The molecule has 0 radical (unpaired) electrons. The molecule has 2 amide bonds. The minimum Gasteiger partial charge on any atom is -0.494 e. The van der Waals surface area contributed by atoms with E-state index in [1.54, 1.807) is 12.1 Å². The van der Waals surface area contributed by atoms with Crippen molar-refractivity contribution in [3.8, 4) is 11.5 Å². The highest BCUT2D eigenvalue weighted by molar-refractivity contribution is 6.31. The number of carboxylic acids is 2. The molecule has 8 saturated carbocycles. The third kappa shape index (κ3) is 10.6. The summed E-state index contributed by atoms with van der Waals surface area (Å²) >= 11 is 11.7. The largest absolute Gasteiger partial charge is 0.494 e. The molecule has 4 N–H and O–H groups in total. The van der Waals surface area contributed by atoms with Crippen LogP contribution in [0.3, 0.4) is 0 Å². The molecule has 10 nitrogen and oxygen atoms in total. The number of carbonyl (C=O) groups excluding carboxylic acids is 2. The van der Waals surface area contributed by atoms with Gasteiger partial charge >= 0.3 is 11.9 Å². The van der Waals surface area contributed by atoms with Crippen molar-refractivity contribution in [2.24, 2.45) is 35.5 Å². The highest BCUT2D eigenvalue weighted by Gasteiger charge is 2.52. The molecule has 8 fully saturated rings. The van der Waals surface area contributed by atoms with Crippen molar-refractivity contribution in [3.63, 3.8) is 0 Å². The van der Waals surface area contributed by atoms with Gasteiger partial charge in [0.25, 0.3) is 0 Å². The fourth-order valence-corrected chi connectivity index (χ4v) is 14.0. The van der Waals surface area contributed by atoms with E-state index in [1.165, 1.54) is 112 Å². The number of carboxylic acid groups (broad SMARTS) is 2. The first kappa shape index (κ1) is 46.1. The molecule has 348 valence electrons. The van der Waals surface area contributed by atoms with Crippen molar-refractivity contribution in [3.05, 3.63) is 117 Å². The summed E-state index contributed by atoms with van der Waals surface area (Å²) in [6, 6.07) is 26.1. The lowest BCUT2D eigenvalue weighted by atomic mass is 9.48. The van der Waals surface area contributed by atoms with Gasteiger partial charge in [0, 0.05) is 22.9 Å². The minimum atomic E-state index is -1.13. The number of carbonyl (C=O) groups is 4. The van der Waals surface area contributed by atoms with Gasteiger partial charge < -0.3 is 30.3 Å². The Balaban J connectivity index is 0.000000166. The summed E-state index contributed by atoms with van der Waals surface area (Å²) in [5.41, 5.74) is 4.19. The van der Waals surface area contributed by atoms with Crippen LogP contribution in [0.5, 0.6) is 11.5 Å². The summed E-state index contributed by atoms with van der Waals surface area (Å²) in [4.78, 5) is 47.2. The van der Waals surface area contributed by atoms with Crippen LogP contribution in [0.25, 0.3) is 0 Å². The van der Waals surface area contributed by atoms with Gasteiger partial charge in [-0.15, -0.1) is 0 Å². The quantitative estimate of drug-likeness (QED) is 0.0811. The second-order valence-electron chi connectivity index (χ2n) is 20.4. The van der Waals surface area contributed by atoms with Crippen LogP contribution in [0.1, 0.15) is 135 Å². The molecule has 8 aliphatic carbocycles. The van der Waals surface area contributed by atoms with Crippen molar-refractivity contribution in [1.82, 2.24) is 0 Å². The van der Waals surface area contributed by atoms with E-state index in [0.29, 0.717) is 46.9 Å². The molecule has 0 saturated heterocycles. The van der Waals surface area contributed by atoms with E-state index >= 15 is 0 Å². The minimum absolute atomic E-state index is 0.0220. The highest BCUT2D eigenvalue weighted by atomic mass is 35.5. The third-order valence-electron chi connectivity index (χ3n) is 15.6. The second kappa shape index (κ2) is 19.7. The Kier molecular flexibility index (Phi) is 13.7. The van der Waals surface area contributed by atoms with Gasteiger partial charge in [-0.25, -0.2) is 9.59 Å². The molecule has 0 spiro atoms. The van der Waals surface area contributed by atoms with Crippen molar-refractivity contribution in [2.75, 3.05) is 23.8 Å². The lowest BCUT2D eigenvalue weighted by Crippen LogP contribution is -2.48. The summed E-state index contributed by atoms with van der Waals surface area (Å²) in [6.45, 7) is 0.854. The SMILES string of the molecule is O=C(CCCOc1ccc(C23CC4CC(CC(C4)C2)C3)cc1)Nc1ccc(Cl)cc1C(=O)O.O=C(CCCOc1ccc(C23CC4CC(CC(C4)C2)C3)cc1)Nc1ccc(Cl)cc1C(=O)O. The van der Waals surface area contributed by atoms with Crippen LogP contribution < -0.4 is 20.1 Å². The molecule has 4 aromatic carbocycles. The number of amides is 2. The summed E-state index contributed by atoms with van der Waals surface area (Å²) in [5.74, 6) is 4.47. The summed E-state index contributed by atoms with van der Waals surface area (Å²) in [6.07, 6.45) is 18.4. The number of rotatable bonds is 16. The van der Waals surface area contributed by atoms with Crippen molar-refractivity contribution in [1.29, 1.82) is 0 Å². The molecular weight excluding hydrogens is 876 g/mol. The van der Waals surface area contributed by atoms with E-state index < -0.39 is 11.9 Å². The lowest BCUT2D eigenvalue weighted by Gasteiger charge is -2.57. The Morgan fingerprint density at radius 1 is 0.500 bits per heavy atom. The average molecular weight is 936 g/mol. The van der Waals surface area contributed by atoms with Gasteiger partial charge in [0.2, 0.25) is 11.8 Å². The first-order chi connectivity index (χ1) is 31.8. The Labute approximate surface area is 397 Å². The zero-order valence-corrected chi connectivity index (χ0v) is 38.9. The first-order valence-electron chi connectivity index (χ1n) is 23.9. The Morgan fingerprint density at radius 2 is 0.818 bits per heavy atom. The van der Waals surface area contributed by atoms with E-state index in [1.807, 2.05) is 0 Å². The van der Waals surface area contributed by atoms with Crippen LogP contribution >= 0.6 is 23.2 Å². The third-order valence-corrected chi connectivity index (χ3v) is 16.1. The number of aromatic carboxylic acids is 2. The van der Waals surface area contributed by atoms with Gasteiger partial charge in [-0.3, -0.25) is 9.59 Å². The molecule has 0 unspecified atom stereocenters. The van der Waals surface area contributed by atoms with Gasteiger partial charge in [0.05, 0.1) is 35.7 Å². The maximum absolute atomic E-state index is 12.2. The molecule has 0 aliphatic heterocycles. The molecule has 0 heterocycles. The monoisotopic (exact) mass is 934 g/mol. The lowest BCUT2D eigenvalue weighted by molar-refractivity contribution is -0.117. The molecule has 12 heteroatoms. The number of hydrogen-bond donors (Lipinski definition) is 4. The maximum Gasteiger partial charge on any atom is 0.337 e. The summed E-state index contributed by atoms with van der Waals surface area (Å²) in [7, 11) is 0. The van der Waals surface area contributed by atoms with E-state index in [9.17, 15) is 29.4 Å². The number of ether oxygens (including phenoxy) is 2. The van der Waals surface area contributed by atoms with Crippen LogP contribution in [0.2, 0.25) is 10.0 Å². The molecule has 66 heavy (non-hydrogen) atoms. The molecular formula is C54H60Cl2N2O8. The first-order valence-corrected chi connectivity index (χ1v) is 24.7. The van der Waals surface area contributed by atoms with Gasteiger partial charge in [0.1, 0.15) is 11.5 Å². The van der Waals surface area contributed by atoms with Gasteiger partial charge in [-0.05, 0) is 208 Å². The summed E-state index contributed by atoms with van der Waals surface area (Å²) < 4.78 is 11.7. The normalized spacial score (nSPS) is 27.4. The summed E-state index contributed by atoms with van der Waals surface area (Å²) in [5, 5.41) is 24.5. The van der Waals surface area contributed by atoms with E-state index in [0.717, 1.165) is 47.0 Å². The standard InChI is InChI=1S/2C27H30ClNO4/c2*28-21-5-8-24(23(13-21)26(31)32)29-25(30)2-1-9-33-22-6-3-20(4-7-22)27-14-17-10-18(15-27)12-19(11-17)16-27/h2*3-8,13,17-19H,1-2,9-12,14-16H2,(H,29,30)(H,31,32). The fraction of sp³-hybridized carbons (Fsp3) is 0.481. The van der Waals surface area contributed by atoms with Crippen molar-refractivity contribution < 1.29 is 38.9 Å². The fourth-order valence-electron chi connectivity index (χ4n) is 13.6. The van der Waals surface area contributed by atoms with Gasteiger partial charge in [-0.1, -0.05) is 47.5 Å². The molecule has 12 rings (SSSR count). The number of nitrogens with one attached hydrogen (secondary N) is 2. The van der Waals surface area contributed by atoms with Crippen LogP contribution in [-0.2, 0) is 20.4 Å². The van der Waals surface area contributed by atoms with Crippen molar-refractivity contribution in [2.45, 2.75) is 114 Å². The maximum atomic E-state index is 12.2. The van der Waals surface area contributed by atoms with E-state index in [2.05, 4.69) is 59.2 Å². The van der Waals surface area contributed by atoms with Crippen LogP contribution in [0.15, 0.2) is 84.9 Å². The van der Waals surface area contributed by atoms with Crippen LogP contribution in [0.4, 0.5) is 11.4 Å². The average Bonchev–Trinajstić information content (AvgIpc) is 3.27. The predicted octanol–water partition coefficient (Wildman–Crippen LogP) is 12.6.